The summed E-state index contributed by atoms with van der Waals surface area (Å²) in [6.07, 6.45) is 2.59. The third kappa shape index (κ3) is 5.49. The van der Waals surface area contributed by atoms with Crippen LogP contribution in [0.5, 0.6) is 5.75 Å². The van der Waals surface area contributed by atoms with Crippen LogP contribution in [0.25, 0.3) is 16.9 Å². The van der Waals surface area contributed by atoms with Crippen LogP contribution in [0.4, 0.5) is 8.78 Å². The van der Waals surface area contributed by atoms with Gasteiger partial charge in [-0.3, -0.25) is 14.3 Å². The van der Waals surface area contributed by atoms with Gasteiger partial charge < -0.3 is 10.1 Å². The third-order valence-corrected chi connectivity index (χ3v) is 7.57. The van der Waals surface area contributed by atoms with Gasteiger partial charge in [-0.25, -0.2) is 23.1 Å². The van der Waals surface area contributed by atoms with Crippen molar-refractivity contribution in [2.45, 2.75) is 44.7 Å². The number of aromatic nitrogens is 4. The van der Waals surface area contributed by atoms with E-state index in [-0.39, 0.29) is 28.2 Å². The molecule has 5 rings (SSSR count). The van der Waals surface area contributed by atoms with Gasteiger partial charge in [-0.1, -0.05) is 23.2 Å². The number of imidazole rings is 1. The van der Waals surface area contributed by atoms with Crippen molar-refractivity contribution >= 4 is 40.3 Å². The van der Waals surface area contributed by atoms with Crippen LogP contribution in [0.2, 0.25) is 10.0 Å². The van der Waals surface area contributed by atoms with E-state index in [4.69, 9.17) is 27.9 Å². The van der Waals surface area contributed by atoms with Crippen LogP contribution in [0.1, 0.15) is 48.2 Å². The molecule has 8 nitrogen and oxygen atoms in total. The summed E-state index contributed by atoms with van der Waals surface area (Å²) >= 11 is 12.3. The highest BCUT2D eigenvalue weighted by Crippen LogP contribution is 2.30. The molecular formula is C27H25Cl2F2N5O3. The lowest BCUT2D eigenvalue weighted by Gasteiger charge is -2.29. The molecule has 0 bridgehead atoms. The Morgan fingerprint density at radius 3 is 2.64 bits per heavy atom. The highest BCUT2D eigenvalue weighted by molar-refractivity contribution is 6.32. The minimum atomic E-state index is -2.89. The zero-order chi connectivity index (χ0) is 27.7. The topological polar surface area (TPSA) is 91.0 Å². The second-order valence-electron chi connectivity index (χ2n) is 9.47. The van der Waals surface area contributed by atoms with E-state index in [9.17, 15) is 18.4 Å². The molecule has 3 aromatic heterocycles. The number of ether oxygens (including phenoxy) is 1. The van der Waals surface area contributed by atoms with Crippen molar-refractivity contribution in [3.05, 3.63) is 80.6 Å². The Kier molecular flexibility index (Phi) is 7.86. The highest BCUT2D eigenvalue weighted by atomic mass is 35.5. The van der Waals surface area contributed by atoms with E-state index in [1.54, 1.807) is 42.1 Å². The fraction of sp³-hybridized carbons (Fsp3) is 0.333. The number of carbonyl (C=O) groups excluding carboxylic acids is 1. The average molecular weight is 576 g/mol. The largest absolute Gasteiger partial charge is 0.497 e. The van der Waals surface area contributed by atoms with Crippen LogP contribution in [0.15, 0.2) is 53.6 Å². The Hall–Kier alpha value is -3.50. The normalized spacial score (nSPS) is 17.5. The molecule has 204 valence electrons. The van der Waals surface area contributed by atoms with Gasteiger partial charge in [0.05, 0.1) is 33.9 Å². The molecule has 1 fully saturated rings. The van der Waals surface area contributed by atoms with E-state index in [0.29, 0.717) is 47.0 Å². The van der Waals surface area contributed by atoms with Gasteiger partial charge in [-0.15, -0.1) is 0 Å². The van der Waals surface area contributed by atoms with Crippen LogP contribution in [0, 0.1) is 5.92 Å². The zero-order valence-electron chi connectivity index (χ0n) is 20.9. The summed E-state index contributed by atoms with van der Waals surface area (Å²) in [5.74, 6) is 0.109. The first-order chi connectivity index (χ1) is 18.8. The van der Waals surface area contributed by atoms with Gasteiger partial charge in [0, 0.05) is 31.0 Å². The van der Waals surface area contributed by atoms with E-state index in [1.165, 1.54) is 10.6 Å². The minimum Gasteiger partial charge on any atom is -0.497 e. The van der Waals surface area contributed by atoms with Crippen LogP contribution >= 0.6 is 23.2 Å². The number of alkyl halides is 2. The fourth-order valence-electron chi connectivity index (χ4n) is 5.09. The van der Waals surface area contributed by atoms with Crippen LogP contribution in [-0.4, -0.2) is 38.2 Å². The molecule has 1 aliphatic rings. The maximum atomic E-state index is 13.6. The maximum absolute atomic E-state index is 13.6. The number of pyridine rings is 2. The second kappa shape index (κ2) is 11.3. The number of halogens is 4. The van der Waals surface area contributed by atoms with Crippen molar-refractivity contribution in [3.63, 3.8) is 0 Å². The molecule has 1 aromatic carbocycles. The molecule has 0 atom stereocenters. The summed E-state index contributed by atoms with van der Waals surface area (Å²) in [6, 6.07) is 9.74. The van der Waals surface area contributed by atoms with Crippen molar-refractivity contribution in [1.29, 1.82) is 0 Å². The lowest BCUT2D eigenvalue weighted by Crippen LogP contribution is -2.39. The standard InChI is InChI=1S/C27H25Cl2F2N5O3/c1-39-18-8-9-20(29)22(12-18)36-25-21(3-2-10-32-25)35(27(36)38)14-15-4-6-17(7-5-15)34-26(37)19-11-16(28)13-33-23(19)24(30)31/h2-3,8-13,15,17,24H,4-7,14H2,1H3,(H,34,37). The van der Waals surface area contributed by atoms with Crippen molar-refractivity contribution < 1.29 is 18.3 Å². The first-order valence-corrected chi connectivity index (χ1v) is 13.2. The molecule has 4 aromatic rings. The number of nitrogens with one attached hydrogen (secondary N) is 1. The Balaban J connectivity index is 1.33. The Bertz CT molecular complexity index is 1580. The molecule has 0 saturated heterocycles. The monoisotopic (exact) mass is 575 g/mol. The summed E-state index contributed by atoms with van der Waals surface area (Å²) in [5.41, 5.74) is 0.581. The van der Waals surface area contributed by atoms with Gasteiger partial charge in [0.25, 0.3) is 12.3 Å². The van der Waals surface area contributed by atoms with E-state index >= 15 is 0 Å². The predicted octanol–water partition coefficient (Wildman–Crippen LogP) is 5.82. The van der Waals surface area contributed by atoms with Gasteiger partial charge >= 0.3 is 5.69 Å². The number of hydrogen-bond acceptors (Lipinski definition) is 5. The minimum absolute atomic E-state index is 0.114. The van der Waals surface area contributed by atoms with Crippen LogP contribution in [0.3, 0.4) is 0 Å². The van der Waals surface area contributed by atoms with Gasteiger partial charge in [-0.05, 0) is 61.9 Å². The molecule has 12 heteroatoms. The van der Waals surface area contributed by atoms with E-state index in [0.717, 1.165) is 19.0 Å². The van der Waals surface area contributed by atoms with E-state index < -0.39 is 18.0 Å². The SMILES string of the molecule is COc1ccc(Cl)c(-n2c(=O)n(CC3CCC(NC(=O)c4cc(Cl)cnc4C(F)F)CC3)c3cccnc32)c1. The summed E-state index contributed by atoms with van der Waals surface area (Å²) in [7, 11) is 1.54. The molecule has 1 aliphatic carbocycles. The zero-order valence-corrected chi connectivity index (χ0v) is 22.4. The Morgan fingerprint density at radius 2 is 1.92 bits per heavy atom. The summed E-state index contributed by atoms with van der Waals surface area (Å²) in [5, 5.41) is 3.35. The van der Waals surface area contributed by atoms with E-state index in [2.05, 4.69) is 15.3 Å². The number of fused-ring (bicyclic) bond motifs is 1. The lowest BCUT2D eigenvalue weighted by atomic mass is 9.85. The fourth-order valence-corrected chi connectivity index (χ4v) is 5.45. The van der Waals surface area contributed by atoms with Crippen molar-refractivity contribution in [1.82, 2.24) is 24.4 Å². The quantitative estimate of drug-likeness (QED) is 0.299. The first kappa shape index (κ1) is 27.1. The van der Waals surface area contributed by atoms with Gasteiger partial charge in [0.15, 0.2) is 5.65 Å². The molecule has 1 amide bonds. The summed E-state index contributed by atoms with van der Waals surface area (Å²) in [4.78, 5) is 34.5. The summed E-state index contributed by atoms with van der Waals surface area (Å²) in [6.45, 7) is 0.462. The van der Waals surface area contributed by atoms with Gasteiger partial charge in [0.1, 0.15) is 11.4 Å². The molecule has 0 aliphatic heterocycles. The van der Waals surface area contributed by atoms with Crippen molar-refractivity contribution in [3.8, 4) is 11.4 Å². The highest BCUT2D eigenvalue weighted by Gasteiger charge is 2.27. The van der Waals surface area contributed by atoms with Crippen molar-refractivity contribution in [2.75, 3.05) is 7.11 Å². The lowest BCUT2D eigenvalue weighted by molar-refractivity contribution is 0.0904. The van der Waals surface area contributed by atoms with Crippen molar-refractivity contribution in [2.24, 2.45) is 5.92 Å². The number of hydrogen-bond donors (Lipinski definition) is 1. The first-order valence-electron chi connectivity index (χ1n) is 12.4. The third-order valence-electron chi connectivity index (χ3n) is 7.04. The number of methoxy groups -OCH3 is 1. The van der Waals surface area contributed by atoms with Crippen LogP contribution < -0.4 is 15.7 Å². The number of carbonyl (C=O) groups is 1. The van der Waals surface area contributed by atoms with E-state index in [1.807, 2.05) is 6.07 Å². The Labute approximate surface area is 232 Å². The molecule has 0 unspecified atom stereocenters. The number of rotatable bonds is 7. The Morgan fingerprint density at radius 1 is 1.15 bits per heavy atom. The molecule has 39 heavy (non-hydrogen) atoms. The van der Waals surface area contributed by atoms with Crippen LogP contribution in [-0.2, 0) is 6.54 Å². The summed E-state index contributed by atoms with van der Waals surface area (Å²) < 4.78 is 35.2. The maximum Gasteiger partial charge on any atom is 0.335 e. The van der Waals surface area contributed by atoms with Gasteiger partial charge in [-0.2, -0.15) is 0 Å². The number of nitrogens with zero attached hydrogens (tertiary/aromatic N) is 4. The average Bonchev–Trinajstić information content (AvgIpc) is 3.20. The predicted molar refractivity (Wildman–Crippen MR) is 144 cm³/mol. The number of amides is 1. The molecular weight excluding hydrogens is 551 g/mol. The molecule has 0 spiro atoms. The smallest absolute Gasteiger partial charge is 0.335 e. The molecule has 1 N–H and O–H groups in total. The molecule has 1 saturated carbocycles. The second-order valence-corrected chi connectivity index (χ2v) is 10.3. The molecule has 0 radical (unpaired) electrons. The number of benzene rings is 1. The molecule has 3 heterocycles. The van der Waals surface area contributed by atoms with Gasteiger partial charge in [0.2, 0.25) is 0 Å².